The van der Waals surface area contributed by atoms with E-state index in [0.29, 0.717) is 6.54 Å². The van der Waals surface area contributed by atoms with E-state index in [-0.39, 0.29) is 17.9 Å². The molecule has 7 nitrogen and oxygen atoms in total. The summed E-state index contributed by atoms with van der Waals surface area (Å²) >= 11 is 0. The summed E-state index contributed by atoms with van der Waals surface area (Å²) < 4.78 is 0. The topological polar surface area (TPSA) is 105 Å². The van der Waals surface area contributed by atoms with Crippen LogP contribution in [0.3, 0.4) is 0 Å². The third-order valence-corrected chi connectivity index (χ3v) is 3.81. The van der Waals surface area contributed by atoms with Gasteiger partial charge in [-0.3, -0.25) is 14.5 Å². The normalized spacial score (nSPS) is 19.6. The summed E-state index contributed by atoms with van der Waals surface area (Å²) in [6.45, 7) is 8.70. The molecule has 0 bridgehead atoms. The molecule has 116 valence electrons. The molecule has 0 radical (unpaired) electrons. The number of nitrogens with one attached hydrogen (secondary N) is 1. The Morgan fingerprint density at radius 1 is 1.25 bits per heavy atom. The van der Waals surface area contributed by atoms with E-state index in [0.717, 1.165) is 26.2 Å². The lowest BCUT2D eigenvalue weighted by atomic mass is 10.0. The summed E-state index contributed by atoms with van der Waals surface area (Å²) in [6.07, 6.45) is -0.124. The van der Waals surface area contributed by atoms with Gasteiger partial charge in [-0.05, 0) is 20.9 Å². The first-order chi connectivity index (χ1) is 9.22. The van der Waals surface area contributed by atoms with Gasteiger partial charge >= 0.3 is 0 Å². The number of carbonyl (C=O) groups excluding carboxylic acids is 2. The van der Waals surface area contributed by atoms with E-state index in [1.165, 1.54) is 0 Å². The number of hydrogen-bond acceptors (Lipinski definition) is 5. The third kappa shape index (κ3) is 5.07. The van der Waals surface area contributed by atoms with Crippen LogP contribution < -0.4 is 16.8 Å². The monoisotopic (exact) mass is 285 g/mol. The van der Waals surface area contributed by atoms with Gasteiger partial charge in [-0.2, -0.15) is 0 Å². The largest absolute Gasteiger partial charge is 0.370 e. The highest BCUT2D eigenvalue weighted by atomic mass is 16.2. The van der Waals surface area contributed by atoms with E-state index in [9.17, 15) is 9.59 Å². The van der Waals surface area contributed by atoms with Crippen molar-refractivity contribution in [1.29, 1.82) is 0 Å². The zero-order chi connectivity index (χ0) is 15.3. The Hall–Kier alpha value is -1.18. The zero-order valence-electron chi connectivity index (χ0n) is 12.7. The van der Waals surface area contributed by atoms with Crippen molar-refractivity contribution in [2.45, 2.75) is 31.8 Å². The highest BCUT2D eigenvalue weighted by Crippen LogP contribution is 2.15. The summed E-state index contributed by atoms with van der Waals surface area (Å²) in [7, 11) is 2.11. The third-order valence-electron chi connectivity index (χ3n) is 3.81. The van der Waals surface area contributed by atoms with Crippen molar-refractivity contribution in [2.24, 2.45) is 11.5 Å². The van der Waals surface area contributed by atoms with Crippen LogP contribution in [0.15, 0.2) is 0 Å². The first-order valence-corrected chi connectivity index (χ1v) is 6.97. The molecule has 2 amide bonds. The number of nitrogens with two attached hydrogens (primary N) is 2. The number of amides is 2. The Balaban J connectivity index is 2.42. The molecule has 1 heterocycles. The summed E-state index contributed by atoms with van der Waals surface area (Å²) in [5, 5.41) is 2.81. The van der Waals surface area contributed by atoms with Crippen LogP contribution in [0.1, 0.15) is 20.3 Å². The number of hydrogen-bond donors (Lipinski definition) is 3. The molecule has 7 heteroatoms. The Morgan fingerprint density at radius 3 is 2.30 bits per heavy atom. The number of primary amides is 1. The number of carbonyl (C=O) groups is 2. The number of piperazine rings is 1. The van der Waals surface area contributed by atoms with Gasteiger partial charge < -0.3 is 21.7 Å². The minimum Gasteiger partial charge on any atom is -0.370 e. The fourth-order valence-electron chi connectivity index (χ4n) is 2.27. The van der Waals surface area contributed by atoms with Crippen LogP contribution in [0, 0.1) is 0 Å². The zero-order valence-corrected chi connectivity index (χ0v) is 12.7. The molecule has 5 N–H and O–H groups in total. The maximum atomic E-state index is 11.8. The van der Waals surface area contributed by atoms with E-state index in [4.69, 9.17) is 11.5 Å². The first-order valence-electron chi connectivity index (χ1n) is 6.97. The summed E-state index contributed by atoms with van der Waals surface area (Å²) in [5.41, 5.74) is 10.5. The quantitative estimate of drug-likeness (QED) is 0.541. The van der Waals surface area contributed by atoms with E-state index >= 15 is 0 Å². The Labute approximate surface area is 120 Å². The van der Waals surface area contributed by atoms with E-state index in [1.807, 2.05) is 0 Å². The molecule has 1 aliphatic rings. The highest BCUT2D eigenvalue weighted by molar-refractivity contribution is 5.87. The van der Waals surface area contributed by atoms with Gasteiger partial charge in [0.2, 0.25) is 11.8 Å². The van der Waals surface area contributed by atoms with Gasteiger partial charge in [0.25, 0.3) is 0 Å². The molecule has 0 aromatic heterocycles. The standard InChI is InChI=1S/C13H27N5O2/c1-13(2,18-6-4-17(3)5-7-18)9-16-12(20)10(14)8-11(15)19/h10H,4-9,14H2,1-3H3,(H2,15,19)(H,16,20). The van der Waals surface area contributed by atoms with Crippen molar-refractivity contribution in [3.05, 3.63) is 0 Å². The van der Waals surface area contributed by atoms with Crippen LogP contribution in [0.5, 0.6) is 0 Å². The van der Waals surface area contributed by atoms with Crippen molar-refractivity contribution >= 4 is 11.8 Å². The molecule has 1 rings (SSSR count). The van der Waals surface area contributed by atoms with Crippen LogP contribution in [0.4, 0.5) is 0 Å². The molecule has 0 spiro atoms. The molecule has 1 fully saturated rings. The van der Waals surface area contributed by atoms with E-state index < -0.39 is 11.9 Å². The highest BCUT2D eigenvalue weighted by Gasteiger charge is 2.30. The molecule has 0 aromatic carbocycles. The molecular formula is C13H27N5O2. The fraction of sp³-hybridized carbons (Fsp3) is 0.846. The average Bonchev–Trinajstić information content (AvgIpc) is 2.35. The van der Waals surface area contributed by atoms with Crippen molar-refractivity contribution in [3.63, 3.8) is 0 Å². The van der Waals surface area contributed by atoms with Crippen LogP contribution in [0.2, 0.25) is 0 Å². The fourth-order valence-corrected chi connectivity index (χ4v) is 2.27. The Kier molecular flexibility index (Phi) is 5.91. The minimum absolute atomic E-state index is 0.124. The molecule has 0 aromatic rings. The number of likely N-dealkylation sites (N-methyl/N-ethyl adjacent to an activating group) is 1. The molecule has 1 saturated heterocycles. The molecular weight excluding hydrogens is 258 g/mol. The second kappa shape index (κ2) is 7.01. The molecule has 1 unspecified atom stereocenters. The van der Waals surface area contributed by atoms with E-state index in [1.54, 1.807) is 0 Å². The van der Waals surface area contributed by atoms with Crippen LogP contribution >= 0.6 is 0 Å². The van der Waals surface area contributed by atoms with Gasteiger partial charge in [0.05, 0.1) is 12.5 Å². The van der Waals surface area contributed by atoms with E-state index in [2.05, 4.69) is 36.0 Å². The van der Waals surface area contributed by atoms with Crippen molar-refractivity contribution < 1.29 is 9.59 Å². The second-order valence-electron chi connectivity index (χ2n) is 6.10. The smallest absolute Gasteiger partial charge is 0.237 e. The van der Waals surface area contributed by atoms with Gasteiger partial charge in [-0.1, -0.05) is 0 Å². The Morgan fingerprint density at radius 2 is 1.80 bits per heavy atom. The van der Waals surface area contributed by atoms with Gasteiger partial charge in [-0.15, -0.1) is 0 Å². The van der Waals surface area contributed by atoms with Gasteiger partial charge in [0.15, 0.2) is 0 Å². The second-order valence-corrected chi connectivity index (χ2v) is 6.10. The van der Waals surface area contributed by atoms with Gasteiger partial charge in [0.1, 0.15) is 0 Å². The van der Waals surface area contributed by atoms with Crippen molar-refractivity contribution in [2.75, 3.05) is 39.8 Å². The van der Waals surface area contributed by atoms with Gasteiger partial charge in [-0.25, -0.2) is 0 Å². The number of nitrogens with zero attached hydrogens (tertiary/aromatic N) is 2. The van der Waals surface area contributed by atoms with Crippen molar-refractivity contribution in [3.8, 4) is 0 Å². The summed E-state index contributed by atoms with van der Waals surface area (Å²) in [4.78, 5) is 27.2. The molecule has 0 aliphatic carbocycles. The average molecular weight is 285 g/mol. The SMILES string of the molecule is CN1CCN(C(C)(C)CNC(=O)C(N)CC(N)=O)CC1. The lowest BCUT2D eigenvalue weighted by molar-refractivity contribution is -0.126. The van der Waals surface area contributed by atoms with Crippen LogP contribution in [0.25, 0.3) is 0 Å². The molecule has 20 heavy (non-hydrogen) atoms. The predicted octanol–water partition coefficient (Wildman–Crippen LogP) is -1.67. The molecule has 1 aliphatic heterocycles. The Bertz CT molecular complexity index is 351. The predicted molar refractivity (Wildman–Crippen MR) is 77.9 cm³/mol. The summed E-state index contributed by atoms with van der Waals surface area (Å²) in [5.74, 6) is -0.892. The van der Waals surface area contributed by atoms with Crippen molar-refractivity contribution in [1.82, 2.24) is 15.1 Å². The molecule has 1 atom stereocenters. The number of rotatable bonds is 6. The first kappa shape index (κ1) is 16.9. The summed E-state index contributed by atoms with van der Waals surface area (Å²) in [6, 6.07) is -0.865. The minimum atomic E-state index is -0.865. The maximum absolute atomic E-state index is 11.8. The van der Waals surface area contributed by atoms with Crippen LogP contribution in [-0.4, -0.2) is 73.0 Å². The maximum Gasteiger partial charge on any atom is 0.237 e. The van der Waals surface area contributed by atoms with Gasteiger partial charge in [0, 0.05) is 38.3 Å². The lowest BCUT2D eigenvalue weighted by Gasteiger charge is -2.43. The lowest BCUT2D eigenvalue weighted by Crippen LogP contribution is -2.58. The van der Waals surface area contributed by atoms with Crippen LogP contribution in [-0.2, 0) is 9.59 Å². The molecule has 0 saturated carbocycles.